The number of anilines is 2. The number of carbonyl (C=O) groups excluding carboxylic acids is 1. The fraction of sp³-hybridized carbons (Fsp3) is 0.400. The van der Waals surface area contributed by atoms with Gasteiger partial charge < -0.3 is 10.2 Å². The Bertz CT molecular complexity index is 820. The van der Waals surface area contributed by atoms with Crippen LogP contribution in [0.4, 0.5) is 11.4 Å². The minimum Gasteiger partial charge on any atom is -0.372 e. The predicted octanol–water partition coefficient (Wildman–Crippen LogP) is 3.56. The molecule has 0 saturated carbocycles. The smallest absolute Gasteiger partial charge is 0.238 e. The maximum atomic E-state index is 12.4. The predicted molar refractivity (Wildman–Crippen MR) is 125 cm³/mol. The van der Waals surface area contributed by atoms with Crippen LogP contribution in [0.25, 0.3) is 6.08 Å². The average molecular weight is 405 g/mol. The van der Waals surface area contributed by atoms with Crippen LogP contribution in [0.1, 0.15) is 18.4 Å². The molecule has 2 aromatic carbocycles. The van der Waals surface area contributed by atoms with Crippen molar-refractivity contribution in [1.29, 1.82) is 0 Å². The van der Waals surface area contributed by atoms with E-state index in [-0.39, 0.29) is 5.91 Å². The number of rotatable bonds is 7. The molecular formula is C25H32N4O. The third kappa shape index (κ3) is 5.94. The molecule has 0 spiro atoms. The Morgan fingerprint density at radius 1 is 0.833 bits per heavy atom. The second-order valence-electron chi connectivity index (χ2n) is 8.18. The fourth-order valence-corrected chi connectivity index (χ4v) is 4.17. The van der Waals surface area contributed by atoms with E-state index in [1.807, 2.05) is 18.2 Å². The third-order valence-corrected chi connectivity index (χ3v) is 5.93. The van der Waals surface area contributed by atoms with Crippen LogP contribution in [-0.4, -0.2) is 68.1 Å². The van der Waals surface area contributed by atoms with Crippen LogP contribution in [0.5, 0.6) is 0 Å². The molecule has 0 unspecified atom stereocenters. The molecule has 4 rings (SSSR count). The average Bonchev–Trinajstić information content (AvgIpc) is 3.31. The van der Waals surface area contributed by atoms with Gasteiger partial charge in [-0.15, -0.1) is 0 Å². The Labute approximate surface area is 180 Å². The normalized spacial score (nSPS) is 18.2. The Morgan fingerprint density at radius 3 is 2.20 bits per heavy atom. The van der Waals surface area contributed by atoms with Gasteiger partial charge >= 0.3 is 0 Å². The zero-order valence-corrected chi connectivity index (χ0v) is 17.7. The lowest BCUT2D eigenvalue weighted by Gasteiger charge is -2.33. The first kappa shape index (κ1) is 20.6. The van der Waals surface area contributed by atoms with Crippen LogP contribution in [0.15, 0.2) is 60.7 Å². The van der Waals surface area contributed by atoms with E-state index in [0.717, 1.165) is 51.5 Å². The van der Waals surface area contributed by atoms with E-state index in [4.69, 9.17) is 0 Å². The van der Waals surface area contributed by atoms with Crippen molar-refractivity contribution in [3.63, 3.8) is 0 Å². The highest BCUT2D eigenvalue weighted by molar-refractivity contribution is 5.92. The maximum absolute atomic E-state index is 12.4. The Kier molecular flexibility index (Phi) is 7.16. The second kappa shape index (κ2) is 10.4. The van der Waals surface area contributed by atoms with Crippen molar-refractivity contribution in [3.8, 4) is 0 Å². The van der Waals surface area contributed by atoms with Gasteiger partial charge in [0.05, 0.1) is 6.54 Å². The zero-order chi connectivity index (χ0) is 20.6. The van der Waals surface area contributed by atoms with Crippen LogP contribution < -0.4 is 10.2 Å². The number of nitrogens with one attached hydrogen (secondary N) is 1. The van der Waals surface area contributed by atoms with Crippen molar-refractivity contribution in [2.75, 3.05) is 62.6 Å². The van der Waals surface area contributed by atoms with Crippen molar-refractivity contribution in [2.24, 2.45) is 0 Å². The molecule has 158 valence electrons. The summed E-state index contributed by atoms with van der Waals surface area (Å²) in [7, 11) is 0. The fourth-order valence-electron chi connectivity index (χ4n) is 4.17. The number of amides is 1. The summed E-state index contributed by atoms with van der Waals surface area (Å²) in [5, 5.41) is 3.05. The van der Waals surface area contributed by atoms with Gasteiger partial charge in [0, 0.05) is 57.2 Å². The van der Waals surface area contributed by atoms with E-state index in [1.54, 1.807) is 0 Å². The molecule has 0 aromatic heterocycles. The lowest BCUT2D eigenvalue weighted by Crippen LogP contribution is -2.48. The van der Waals surface area contributed by atoms with Gasteiger partial charge in [-0.25, -0.2) is 0 Å². The first-order valence-corrected chi connectivity index (χ1v) is 11.1. The Morgan fingerprint density at radius 2 is 1.50 bits per heavy atom. The molecule has 2 aliphatic heterocycles. The van der Waals surface area contributed by atoms with E-state index in [1.165, 1.54) is 24.1 Å². The summed E-state index contributed by atoms with van der Waals surface area (Å²) in [4.78, 5) is 19.5. The molecule has 1 N–H and O–H groups in total. The van der Waals surface area contributed by atoms with E-state index >= 15 is 0 Å². The Hall–Kier alpha value is -2.63. The standard InChI is InChI=1S/C25H32N4O/c30-25(26-23-10-12-24(13-11-23)29-15-4-5-16-29)21-28-19-17-27(18-20-28)14-6-9-22-7-2-1-3-8-22/h1-3,6-13H,4-5,14-21H2,(H,26,30). The van der Waals surface area contributed by atoms with Gasteiger partial charge in [-0.05, 0) is 42.7 Å². The highest BCUT2D eigenvalue weighted by atomic mass is 16.2. The number of benzene rings is 2. The van der Waals surface area contributed by atoms with E-state index in [2.05, 4.69) is 68.6 Å². The quantitative estimate of drug-likeness (QED) is 0.766. The first-order chi connectivity index (χ1) is 14.8. The van der Waals surface area contributed by atoms with Gasteiger partial charge in [-0.2, -0.15) is 0 Å². The van der Waals surface area contributed by atoms with Gasteiger partial charge in [-0.3, -0.25) is 14.6 Å². The van der Waals surface area contributed by atoms with E-state index in [0.29, 0.717) is 6.54 Å². The van der Waals surface area contributed by atoms with Gasteiger partial charge in [0.2, 0.25) is 5.91 Å². The molecule has 5 nitrogen and oxygen atoms in total. The van der Waals surface area contributed by atoms with Crippen LogP contribution in [0, 0.1) is 0 Å². The molecular weight excluding hydrogens is 372 g/mol. The molecule has 0 atom stereocenters. The van der Waals surface area contributed by atoms with Crippen molar-refractivity contribution in [1.82, 2.24) is 9.80 Å². The molecule has 2 aliphatic rings. The number of carbonyl (C=O) groups is 1. The summed E-state index contributed by atoms with van der Waals surface area (Å²) in [6.07, 6.45) is 6.95. The summed E-state index contributed by atoms with van der Waals surface area (Å²) in [5.74, 6) is 0.0707. The SMILES string of the molecule is O=C(CN1CCN(CC=Cc2ccccc2)CC1)Nc1ccc(N2CCCC2)cc1. The highest BCUT2D eigenvalue weighted by Crippen LogP contribution is 2.22. The van der Waals surface area contributed by atoms with Crippen molar-refractivity contribution in [3.05, 3.63) is 66.2 Å². The van der Waals surface area contributed by atoms with Crippen molar-refractivity contribution in [2.45, 2.75) is 12.8 Å². The zero-order valence-electron chi connectivity index (χ0n) is 17.7. The minimum absolute atomic E-state index is 0.0707. The van der Waals surface area contributed by atoms with Crippen molar-refractivity contribution < 1.29 is 4.79 Å². The van der Waals surface area contributed by atoms with Gasteiger partial charge in [0.25, 0.3) is 0 Å². The van der Waals surface area contributed by atoms with Gasteiger partial charge in [0.15, 0.2) is 0 Å². The molecule has 2 fully saturated rings. The molecule has 2 aromatic rings. The van der Waals surface area contributed by atoms with Gasteiger partial charge in [-0.1, -0.05) is 42.5 Å². The summed E-state index contributed by atoms with van der Waals surface area (Å²) in [6, 6.07) is 18.7. The highest BCUT2D eigenvalue weighted by Gasteiger charge is 2.18. The molecule has 0 aliphatic carbocycles. The monoisotopic (exact) mass is 404 g/mol. The van der Waals surface area contributed by atoms with Crippen LogP contribution in [0.3, 0.4) is 0 Å². The molecule has 2 saturated heterocycles. The molecule has 30 heavy (non-hydrogen) atoms. The Balaban J connectivity index is 1.16. The van der Waals surface area contributed by atoms with Gasteiger partial charge in [0.1, 0.15) is 0 Å². The summed E-state index contributed by atoms with van der Waals surface area (Å²) < 4.78 is 0. The molecule has 0 bridgehead atoms. The van der Waals surface area contributed by atoms with Crippen LogP contribution >= 0.6 is 0 Å². The lowest BCUT2D eigenvalue weighted by atomic mass is 10.2. The summed E-state index contributed by atoms with van der Waals surface area (Å²) in [5.41, 5.74) is 3.37. The van der Waals surface area contributed by atoms with E-state index in [9.17, 15) is 4.79 Å². The van der Waals surface area contributed by atoms with Crippen LogP contribution in [0.2, 0.25) is 0 Å². The molecule has 5 heteroatoms. The number of nitrogens with zero attached hydrogens (tertiary/aromatic N) is 3. The second-order valence-corrected chi connectivity index (χ2v) is 8.18. The first-order valence-electron chi connectivity index (χ1n) is 11.1. The van der Waals surface area contributed by atoms with Crippen molar-refractivity contribution >= 4 is 23.4 Å². The molecule has 2 heterocycles. The molecule has 1 amide bonds. The lowest BCUT2D eigenvalue weighted by molar-refractivity contribution is -0.117. The molecule has 0 radical (unpaired) electrons. The number of hydrogen-bond acceptors (Lipinski definition) is 4. The summed E-state index contributed by atoms with van der Waals surface area (Å²) in [6.45, 7) is 7.55. The third-order valence-electron chi connectivity index (χ3n) is 5.93. The van der Waals surface area contributed by atoms with E-state index < -0.39 is 0 Å². The largest absolute Gasteiger partial charge is 0.372 e. The number of piperazine rings is 1. The minimum atomic E-state index is 0.0707. The summed E-state index contributed by atoms with van der Waals surface area (Å²) >= 11 is 0. The topological polar surface area (TPSA) is 38.8 Å². The number of hydrogen-bond donors (Lipinski definition) is 1. The van der Waals surface area contributed by atoms with Crippen LogP contribution in [-0.2, 0) is 4.79 Å². The maximum Gasteiger partial charge on any atom is 0.238 e.